The number of carbonyl (C=O) groups is 2. The highest BCUT2D eigenvalue weighted by Gasteiger charge is 2.37. The van der Waals surface area contributed by atoms with Gasteiger partial charge in [-0.15, -0.1) is 0 Å². The number of aryl methyl sites for hydroxylation is 1. The number of nitrogens with zero attached hydrogens (tertiary/aromatic N) is 3. The Labute approximate surface area is 129 Å². The summed E-state index contributed by atoms with van der Waals surface area (Å²) in [6.07, 6.45) is 0. The van der Waals surface area contributed by atoms with Crippen LogP contribution in [-0.4, -0.2) is 39.9 Å². The summed E-state index contributed by atoms with van der Waals surface area (Å²) in [5.74, 6) is -0.857. The SMILES string of the molecule is Cc1cc(NC(=O)C2CN(C(=O)c3ccc([N+](=O)[O-])o3)C2)no1. The van der Waals surface area contributed by atoms with Gasteiger partial charge in [0, 0.05) is 19.2 Å². The van der Waals surface area contributed by atoms with Crippen molar-refractivity contribution in [1.82, 2.24) is 10.1 Å². The average molecular weight is 320 g/mol. The maximum absolute atomic E-state index is 12.0. The fourth-order valence-corrected chi connectivity index (χ4v) is 2.16. The van der Waals surface area contributed by atoms with E-state index in [2.05, 4.69) is 10.5 Å². The first kappa shape index (κ1) is 14.8. The van der Waals surface area contributed by atoms with E-state index in [1.807, 2.05) is 0 Å². The minimum absolute atomic E-state index is 0.123. The van der Waals surface area contributed by atoms with Crippen molar-refractivity contribution in [2.75, 3.05) is 18.4 Å². The monoisotopic (exact) mass is 320 g/mol. The first-order chi connectivity index (χ1) is 10.9. The van der Waals surface area contributed by atoms with Crippen molar-refractivity contribution < 1.29 is 23.5 Å². The highest BCUT2D eigenvalue weighted by molar-refractivity contribution is 5.97. The average Bonchev–Trinajstić information content (AvgIpc) is 3.06. The van der Waals surface area contributed by atoms with E-state index in [0.717, 1.165) is 6.07 Å². The molecule has 1 aliphatic rings. The van der Waals surface area contributed by atoms with Gasteiger partial charge in [0.05, 0.1) is 12.0 Å². The molecule has 1 saturated heterocycles. The maximum atomic E-state index is 12.0. The smallest absolute Gasteiger partial charge is 0.395 e. The lowest BCUT2D eigenvalue weighted by Crippen LogP contribution is -2.54. The molecule has 0 aliphatic carbocycles. The summed E-state index contributed by atoms with van der Waals surface area (Å²) < 4.78 is 9.68. The van der Waals surface area contributed by atoms with Gasteiger partial charge in [-0.05, 0) is 13.0 Å². The summed E-state index contributed by atoms with van der Waals surface area (Å²) >= 11 is 0. The van der Waals surface area contributed by atoms with Crippen molar-refractivity contribution in [3.63, 3.8) is 0 Å². The second kappa shape index (κ2) is 5.55. The van der Waals surface area contributed by atoms with Crippen molar-refractivity contribution in [2.45, 2.75) is 6.92 Å². The molecule has 3 rings (SSSR count). The lowest BCUT2D eigenvalue weighted by atomic mass is 9.99. The largest absolute Gasteiger partial charge is 0.433 e. The van der Waals surface area contributed by atoms with Crippen LogP contribution in [0, 0.1) is 23.0 Å². The molecule has 2 amide bonds. The van der Waals surface area contributed by atoms with Crippen molar-refractivity contribution >= 4 is 23.5 Å². The van der Waals surface area contributed by atoms with Gasteiger partial charge in [0.25, 0.3) is 5.91 Å². The molecule has 1 aliphatic heterocycles. The van der Waals surface area contributed by atoms with E-state index in [-0.39, 0.29) is 30.7 Å². The van der Waals surface area contributed by atoms with E-state index in [0.29, 0.717) is 11.6 Å². The summed E-state index contributed by atoms with van der Waals surface area (Å²) in [5, 5.41) is 16.8. The fraction of sp³-hybridized carbons (Fsp3) is 0.308. The molecule has 2 aromatic rings. The van der Waals surface area contributed by atoms with Crippen LogP contribution in [0.15, 0.2) is 27.1 Å². The molecule has 0 saturated carbocycles. The Morgan fingerprint density at radius 1 is 1.43 bits per heavy atom. The third-order valence-electron chi connectivity index (χ3n) is 3.40. The number of furan rings is 1. The molecule has 23 heavy (non-hydrogen) atoms. The van der Waals surface area contributed by atoms with Crippen LogP contribution in [0.4, 0.5) is 11.7 Å². The summed E-state index contributed by atoms with van der Waals surface area (Å²) in [4.78, 5) is 35.2. The second-order valence-corrected chi connectivity index (χ2v) is 5.11. The number of anilines is 1. The number of nitro groups is 1. The minimum Gasteiger partial charge on any atom is -0.395 e. The molecule has 0 unspecified atom stereocenters. The summed E-state index contributed by atoms with van der Waals surface area (Å²) in [6, 6.07) is 3.94. The molecule has 10 nitrogen and oxygen atoms in total. The van der Waals surface area contributed by atoms with Crippen LogP contribution >= 0.6 is 0 Å². The van der Waals surface area contributed by atoms with Crippen LogP contribution in [0.1, 0.15) is 16.3 Å². The summed E-state index contributed by atoms with van der Waals surface area (Å²) in [7, 11) is 0. The molecule has 0 bridgehead atoms. The van der Waals surface area contributed by atoms with Crippen LogP contribution in [0.25, 0.3) is 0 Å². The highest BCUT2D eigenvalue weighted by Crippen LogP contribution is 2.23. The van der Waals surface area contributed by atoms with Crippen LogP contribution in [0.5, 0.6) is 0 Å². The third-order valence-corrected chi connectivity index (χ3v) is 3.40. The van der Waals surface area contributed by atoms with Crippen LogP contribution in [0.3, 0.4) is 0 Å². The number of hydrogen-bond acceptors (Lipinski definition) is 7. The second-order valence-electron chi connectivity index (χ2n) is 5.11. The van der Waals surface area contributed by atoms with Gasteiger partial charge < -0.3 is 19.2 Å². The molecule has 1 N–H and O–H groups in total. The van der Waals surface area contributed by atoms with Gasteiger partial charge >= 0.3 is 5.88 Å². The zero-order valence-corrected chi connectivity index (χ0v) is 12.0. The molecule has 1 fully saturated rings. The molecular formula is C13H12N4O6. The topological polar surface area (TPSA) is 132 Å². The van der Waals surface area contributed by atoms with Gasteiger partial charge in [-0.1, -0.05) is 5.16 Å². The van der Waals surface area contributed by atoms with Crippen LogP contribution < -0.4 is 5.32 Å². The van der Waals surface area contributed by atoms with Crippen molar-refractivity contribution in [1.29, 1.82) is 0 Å². The maximum Gasteiger partial charge on any atom is 0.433 e. The Morgan fingerprint density at radius 2 is 2.17 bits per heavy atom. The van der Waals surface area contributed by atoms with Gasteiger partial charge in [-0.25, -0.2) is 0 Å². The summed E-state index contributed by atoms with van der Waals surface area (Å²) in [5.41, 5.74) is 0. The van der Waals surface area contributed by atoms with E-state index >= 15 is 0 Å². The lowest BCUT2D eigenvalue weighted by molar-refractivity contribution is -0.402. The van der Waals surface area contributed by atoms with Crippen LogP contribution in [-0.2, 0) is 4.79 Å². The number of carbonyl (C=O) groups excluding carboxylic acids is 2. The Balaban J connectivity index is 1.54. The zero-order valence-electron chi connectivity index (χ0n) is 12.0. The molecule has 3 heterocycles. The molecule has 0 aromatic carbocycles. The Kier molecular flexibility index (Phi) is 3.56. The Bertz CT molecular complexity index is 773. The molecule has 0 radical (unpaired) electrons. The van der Waals surface area contributed by atoms with E-state index in [1.54, 1.807) is 13.0 Å². The first-order valence-electron chi connectivity index (χ1n) is 6.71. The van der Waals surface area contributed by atoms with Crippen molar-refractivity contribution in [3.05, 3.63) is 39.8 Å². The number of hydrogen-bond donors (Lipinski definition) is 1. The predicted molar refractivity (Wildman–Crippen MR) is 74.6 cm³/mol. The summed E-state index contributed by atoms with van der Waals surface area (Å²) in [6.45, 7) is 2.11. The van der Waals surface area contributed by atoms with Crippen LogP contribution in [0.2, 0.25) is 0 Å². The molecule has 0 atom stereocenters. The predicted octanol–water partition coefficient (Wildman–Crippen LogP) is 1.19. The highest BCUT2D eigenvalue weighted by atomic mass is 16.6. The fourth-order valence-electron chi connectivity index (χ4n) is 2.16. The molecule has 120 valence electrons. The normalized spacial score (nSPS) is 14.4. The lowest BCUT2D eigenvalue weighted by Gasteiger charge is -2.37. The van der Waals surface area contributed by atoms with Gasteiger partial charge in [0.2, 0.25) is 5.91 Å². The van der Waals surface area contributed by atoms with Crippen molar-refractivity contribution in [3.8, 4) is 0 Å². The standard InChI is InChI=1S/C13H12N4O6/c1-7-4-10(15-23-7)14-12(18)8-5-16(6-8)13(19)9-2-3-11(22-9)17(20)21/h2-4,8H,5-6H2,1H3,(H,14,15,18). The Hall–Kier alpha value is -3.17. The quantitative estimate of drug-likeness (QED) is 0.661. The molecule has 10 heteroatoms. The van der Waals surface area contributed by atoms with Gasteiger partial charge in [-0.3, -0.25) is 19.7 Å². The molecule has 2 aromatic heterocycles. The van der Waals surface area contributed by atoms with Gasteiger partial charge in [0.1, 0.15) is 10.7 Å². The number of nitrogens with one attached hydrogen (secondary N) is 1. The minimum atomic E-state index is -0.719. The van der Waals surface area contributed by atoms with Gasteiger partial charge in [0.15, 0.2) is 11.6 Å². The zero-order chi connectivity index (χ0) is 16.6. The number of amides is 2. The number of likely N-dealkylation sites (tertiary alicyclic amines) is 1. The van der Waals surface area contributed by atoms with E-state index in [9.17, 15) is 19.7 Å². The molecule has 0 spiro atoms. The number of aromatic nitrogens is 1. The number of rotatable bonds is 4. The first-order valence-corrected chi connectivity index (χ1v) is 6.71. The van der Waals surface area contributed by atoms with E-state index < -0.39 is 16.7 Å². The molecular weight excluding hydrogens is 308 g/mol. The van der Waals surface area contributed by atoms with Crippen molar-refractivity contribution in [2.24, 2.45) is 5.92 Å². The Morgan fingerprint density at radius 3 is 2.74 bits per heavy atom. The third kappa shape index (κ3) is 2.91. The van der Waals surface area contributed by atoms with E-state index in [4.69, 9.17) is 8.94 Å². The van der Waals surface area contributed by atoms with Gasteiger partial charge in [-0.2, -0.15) is 0 Å². The van der Waals surface area contributed by atoms with E-state index in [1.165, 1.54) is 11.0 Å².